The van der Waals surface area contributed by atoms with Crippen molar-refractivity contribution in [2.24, 2.45) is 0 Å². The summed E-state index contributed by atoms with van der Waals surface area (Å²) in [5.41, 5.74) is 0. The van der Waals surface area contributed by atoms with E-state index in [0.717, 1.165) is 77.0 Å². The van der Waals surface area contributed by atoms with Gasteiger partial charge in [0.25, 0.3) is 0 Å². The maximum atomic E-state index is 13.0. The number of aliphatic hydroxyl groups is 4. The topological polar surface area (TPSA) is 122 Å². The number of rotatable bonds is 52. The van der Waals surface area contributed by atoms with Gasteiger partial charge in [-0.3, -0.25) is 19.4 Å². The van der Waals surface area contributed by atoms with E-state index < -0.39 is 24.4 Å². The first kappa shape index (κ1) is 64.8. The van der Waals surface area contributed by atoms with Crippen LogP contribution in [0, 0.1) is 0 Å². The molecule has 0 saturated heterocycles. The molecule has 0 spiro atoms. The Kier molecular flexibility index (Phi) is 50.0. The zero-order valence-electron chi connectivity index (χ0n) is 43.4. The SMILES string of the molecule is CCCCCCCCCCC(O)CN(CCSC(=O)CC(=O)SCCN(CC(O)CCCCCCCCCC)CC(O)CCCCCCCCCC)CC(O)CCCCCCCCCC. The first-order chi connectivity index (χ1) is 31.6. The molecule has 0 radical (unpaired) electrons. The van der Waals surface area contributed by atoms with Crippen molar-refractivity contribution in [1.82, 2.24) is 9.80 Å². The van der Waals surface area contributed by atoms with E-state index in [1.807, 2.05) is 0 Å². The van der Waals surface area contributed by atoms with E-state index in [2.05, 4.69) is 37.5 Å². The van der Waals surface area contributed by atoms with Crippen LogP contribution in [0.2, 0.25) is 0 Å². The van der Waals surface area contributed by atoms with E-state index in [4.69, 9.17) is 0 Å². The molecule has 0 heterocycles. The van der Waals surface area contributed by atoms with E-state index in [0.29, 0.717) is 50.8 Å². The number of carbonyl (C=O) groups excluding carboxylic acids is 2. The van der Waals surface area contributed by atoms with Crippen LogP contribution in [-0.4, -0.2) is 116 Å². The maximum Gasteiger partial charge on any atom is 0.197 e. The van der Waals surface area contributed by atoms with Crippen LogP contribution in [0.4, 0.5) is 0 Å². The Bertz CT molecular complexity index is 879. The Balaban J connectivity index is 4.97. The highest BCUT2D eigenvalue weighted by Crippen LogP contribution is 2.18. The van der Waals surface area contributed by atoms with Gasteiger partial charge in [0.2, 0.25) is 0 Å². The zero-order chi connectivity index (χ0) is 47.9. The Morgan fingerprint density at radius 1 is 0.338 bits per heavy atom. The average molecular weight is 960 g/mol. The Morgan fingerprint density at radius 2 is 0.538 bits per heavy atom. The summed E-state index contributed by atoms with van der Waals surface area (Å²) in [4.78, 5) is 30.3. The van der Waals surface area contributed by atoms with Gasteiger partial charge in [-0.15, -0.1) is 0 Å². The minimum absolute atomic E-state index is 0.125. The fourth-order valence-corrected chi connectivity index (χ4v) is 10.6. The van der Waals surface area contributed by atoms with Gasteiger partial charge in [-0.1, -0.05) is 257 Å². The van der Waals surface area contributed by atoms with Crippen LogP contribution in [0.5, 0.6) is 0 Å². The van der Waals surface area contributed by atoms with Gasteiger partial charge in [0.1, 0.15) is 0 Å². The molecule has 0 saturated carbocycles. The third-order valence-electron chi connectivity index (χ3n) is 13.1. The van der Waals surface area contributed by atoms with Crippen LogP contribution in [0.3, 0.4) is 0 Å². The van der Waals surface area contributed by atoms with Gasteiger partial charge in [0.15, 0.2) is 10.2 Å². The molecular weight excluding hydrogens is 849 g/mol. The highest BCUT2D eigenvalue weighted by Gasteiger charge is 2.20. The second kappa shape index (κ2) is 50.2. The first-order valence-corrected chi connectivity index (χ1v) is 30.1. The van der Waals surface area contributed by atoms with Crippen LogP contribution in [-0.2, 0) is 9.59 Å². The number of hydrogen-bond donors (Lipinski definition) is 4. The second-order valence-electron chi connectivity index (χ2n) is 19.8. The molecule has 0 fully saturated rings. The van der Waals surface area contributed by atoms with Crippen molar-refractivity contribution in [2.45, 2.75) is 290 Å². The van der Waals surface area contributed by atoms with Crippen molar-refractivity contribution < 1.29 is 30.0 Å². The van der Waals surface area contributed by atoms with Crippen LogP contribution < -0.4 is 0 Å². The molecule has 0 aromatic carbocycles. The highest BCUT2D eigenvalue weighted by atomic mass is 32.2. The molecule has 65 heavy (non-hydrogen) atoms. The lowest BCUT2D eigenvalue weighted by Gasteiger charge is -2.27. The largest absolute Gasteiger partial charge is 0.392 e. The molecule has 0 aliphatic rings. The molecule has 4 atom stereocenters. The van der Waals surface area contributed by atoms with Gasteiger partial charge in [-0.2, -0.15) is 0 Å². The predicted octanol–water partition coefficient (Wildman–Crippen LogP) is 14.1. The molecular formula is C55H110N2O6S2. The van der Waals surface area contributed by atoms with Gasteiger partial charge in [0.05, 0.1) is 30.8 Å². The summed E-state index contributed by atoms with van der Waals surface area (Å²) in [7, 11) is 0. The molecule has 0 bridgehead atoms. The van der Waals surface area contributed by atoms with Crippen LogP contribution >= 0.6 is 23.5 Å². The molecule has 0 aliphatic carbocycles. The minimum atomic E-state index is -0.457. The van der Waals surface area contributed by atoms with Crippen molar-refractivity contribution in [3.8, 4) is 0 Å². The number of hydrogen-bond acceptors (Lipinski definition) is 10. The van der Waals surface area contributed by atoms with Crippen molar-refractivity contribution in [3.63, 3.8) is 0 Å². The molecule has 388 valence electrons. The Morgan fingerprint density at radius 3 is 0.754 bits per heavy atom. The summed E-state index contributed by atoms with van der Waals surface area (Å²) < 4.78 is 0. The molecule has 0 aliphatic heterocycles. The summed E-state index contributed by atoms with van der Waals surface area (Å²) in [6.45, 7) is 12.1. The van der Waals surface area contributed by atoms with Crippen molar-refractivity contribution in [2.75, 3.05) is 50.8 Å². The smallest absolute Gasteiger partial charge is 0.197 e. The quantitative estimate of drug-likeness (QED) is 0.0346. The summed E-state index contributed by atoms with van der Waals surface area (Å²) in [6, 6.07) is 0. The normalized spacial score (nSPS) is 13.8. The molecule has 8 nitrogen and oxygen atoms in total. The number of nitrogens with zero attached hydrogens (tertiary/aromatic N) is 2. The Labute approximate surface area is 412 Å². The Hall–Kier alpha value is -0.200. The molecule has 4 N–H and O–H groups in total. The number of thioether (sulfide) groups is 2. The van der Waals surface area contributed by atoms with Crippen molar-refractivity contribution >= 4 is 33.8 Å². The number of unbranched alkanes of at least 4 members (excludes halogenated alkanes) is 28. The second-order valence-corrected chi connectivity index (χ2v) is 22.1. The summed E-state index contributed by atoms with van der Waals surface area (Å²) >= 11 is 2.37. The lowest BCUT2D eigenvalue weighted by atomic mass is 10.0. The fraction of sp³-hybridized carbons (Fsp3) is 0.964. The van der Waals surface area contributed by atoms with Crippen LogP contribution in [0.25, 0.3) is 0 Å². The standard InChI is InChI=1S/C55H110N2O6S2/c1-5-9-13-17-21-25-29-33-37-50(58)46-56(47-51(59)38-34-30-26-22-18-14-10-6-2)41-43-64-54(62)45-55(63)65-44-42-57(48-52(60)39-35-31-27-23-19-15-11-7-3)49-53(61)40-36-32-28-24-20-16-12-8-4/h50-53,58-61H,5-49H2,1-4H3. The van der Waals surface area contributed by atoms with Gasteiger partial charge >= 0.3 is 0 Å². The third kappa shape index (κ3) is 47.3. The van der Waals surface area contributed by atoms with Gasteiger partial charge in [0, 0.05) is 50.8 Å². The van der Waals surface area contributed by atoms with E-state index >= 15 is 0 Å². The van der Waals surface area contributed by atoms with Crippen molar-refractivity contribution in [1.29, 1.82) is 0 Å². The molecule has 4 unspecified atom stereocenters. The fourth-order valence-electron chi connectivity index (χ4n) is 8.92. The zero-order valence-corrected chi connectivity index (χ0v) is 45.1. The van der Waals surface area contributed by atoms with E-state index in [-0.39, 0.29) is 16.7 Å². The van der Waals surface area contributed by atoms with Gasteiger partial charge in [-0.05, 0) is 25.7 Å². The molecule has 0 aromatic heterocycles. The van der Waals surface area contributed by atoms with Crippen molar-refractivity contribution in [3.05, 3.63) is 0 Å². The van der Waals surface area contributed by atoms with Crippen LogP contribution in [0.1, 0.15) is 265 Å². The number of carbonyl (C=O) groups is 2. The minimum Gasteiger partial charge on any atom is -0.392 e. The van der Waals surface area contributed by atoms with Gasteiger partial charge in [-0.25, -0.2) is 0 Å². The summed E-state index contributed by atoms with van der Waals surface area (Å²) in [5.74, 6) is 1.04. The maximum absolute atomic E-state index is 13.0. The van der Waals surface area contributed by atoms with E-state index in [1.54, 1.807) is 0 Å². The van der Waals surface area contributed by atoms with Gasteiger partial charge < -0.3 is 20.4 Å². The monoisotopic (exact) mass is 959 g/mol. The van der Waals surface area contributed by atoms with E-state index in [1.165, 1.54) is 178 Å². The molecule has 0 aromatic rings. The summed E-state index contributed by atoms with van der Waals surface area (Å²) in [5, 5.41) is 43.7. The molecule has 10 heteroatoms. The highest BCUT2D eigenvalue weighted by molar-refractivity contribution is 8.15. The average Bonchev–Trinajstić information content (AvgIpc) is 3.27. The van der Waals surface area contributed by atoms with E-state index in [9.17, 15) is 30.0 Å². The lowest BCUT2D eigenvalue weighted by Crippen LogP contribution is -2.39. The first-order valence-electron chi connectivity index (χ1n) is 28.1. The van der Waals surface area contributed by atoms with Crippen LogP contribution in [0.15, 0.2) is 0 Å². The number of aliphatic hydroxyl groups excluding tert-OH is 4. The third-order valence-corrected chi connectivity index (χ3v) is 14.8. The summed E-state index contributed by atoms with van der Waals surface area (Å²) in [6.07, 6.45) is 40.4. The lowest BCUT2D eigenvalue weighted by molar-refractivity contribution is -0.117. The molecule has 0 amide bonds. The molecule has 0 rings (SSSR count). The predicted molar refractivity (Wildman–Crippen MR) is 285 cm³/mol.